The average molecular weight is 273 g/mol. The first kappa shape index (κ1) is 13.8. The Hall–Kier alpha value is -1.60. The molecule has 1 nitrogen and oxygen atoms in total. The molecule has 1 atom stereocenters. The molecular formula is C17H17ClO. The van der Waals surface area contributed by atoms with Crippen molar-refractivity contribution in [1.82, 2.24) is 0 Å². The van der Waals surface area contributed by atoms with E-state index >= 15 is 0 Å². The number of rotatable bonds is 4. The van der Waals surface area contributed by atoms with E-state index in [0.29, 0.717) is 6.42 Å². The zero-order chi connectivity index (χ0) is 13.8. The molecule has 2 heteroatoms. The van der Waals surface area contributed by atoms with E-state index in [4.69, 9.17) is 11.6 Å². The molecule has 2 rings (SSSR count). The summed E-state index contributed by atoms with van der Waals surface area (Å²) in [4.78, 5) is 12.2. The fraction of sp³-hybridized carbons (Fsp3) is 0.235. The van der Waals surface area contributed by atoms with Gasteiger partial charge < -0.3 is 0 Å². The van der Waals surface area contributed by atoms with E-state index in [0.717, 1.165) is 22.3 Å². The molecule has 98 valence electrons. The molecule has 0 aliphatic rings. The Morgan fingerprint density at radius 3 is 2.42 bits per heavy atom. The Bertz CT molecular complexity index is 575. The Morgan fingerprint density at radius 2 is 1.79 bits per heavy atom. The third-order valence-corrected chi connectivity index (χ3v) is 3.83. The van der Waals surface area contributed by atoms with E-state index in [1.165, 1.54) is 0 Å². The predicted octanol–water partition coefficient (Wildman–Crippen LogP) is 4.86. The molecule has 0 radical (unpaired) electrons. The highest BCUT2D eigenvalue weighted by Gasteiger charge is 2.18. The first-order valence-corrected chi connectivity index (χ1v) is 6.92. The summed E-state index contributed by atoms with van der Waals surface area (Å²) >= 11 is 6.07. The van der Waals surface area contributed by atoms with Gasteiger partial charge in [-0.25, -0.2) is 0 Å². The summed E-state index contributed by atoms with van der Waals surface area (Å²) in [6.07, 6.45) is 0.648. The van der Waals surface area contributed by atoms with Crippen LogP contribution in [-0.2, 0) is 0 Å². The molecular weight excluding hydrogens is 256 g/mol. The average Bonchev–Trinajstić information content (AvgIpc) is 2.47. The van der Waals surface area contributed by atoms with E-state index in [1.54, 1.807) is 0 Å². The molecule has 0 amide bonds. The Labute approximate surface area is 119 Å². The van der Waals surface area contributed by atoms with Gasteiger partial charge in [-0.2, -0.15) is 0 Å². The van der Waals surface area contributed by atoms with Crippen LogP contribution in [0.2, 0.25) is 0 Å². The molecule has 0 saturated carbocycles. The number of hydrogen-bond donors (Lipinski definition) is 0. The van der Waals surface area contributed by atoms with Crippen molar-refractivity contribution in [2.75, 3.05) is 0 Å². The minimum absolute atomic E-state index is 0.0134. The smallest absolute Gasteiger partial charge is 0.180 e. The fourth-order valence-corrected chi connectivity index (χ4v) is 2.30. The number of carbonyl (C=O) groups is 1. The van der Waals surface area contributed by atoms with Crippen LogP contribution >= 0.6 is 11.6 Å². The largest absolute Gasteiger partial charge is 0.292 e. The van der Waals surface area contributed by atoms with E-state index in [1.807, 2.05) is 50.2 Å². The zero-order valence-electron chi connectivity index (χ0n) is 11.2. The number of benzene rings is 2. The number of ketones is 1. The number of halogens is 1. The standard InChI is InChI=1S/C17H17ClO/c1-3-16(18)17(19)15-11-7-10-14(12(15)2)13-8-5-4-6-9-13/h4-11,16H,3H2,1-2H3. The van der Waals surface area contributed by atoms with Gasteiger partial charge in [0.15, 0.2) is 5.78 Å². The summed E-state index contributed by atoms with van der Waals surface area (Å²) in [5.41, 5.74) is 3.93. The van der Waals surface area contributed by atoms with Crippen molar-refractivity contribution >= 4 is 17.4 Å². The van der Waals surface area contributed by atoms with Crippen LogP contribution in [-0.4, -0.2) is 11.2 Å². The first-order valence-electron chi connectivity index (χ1n) is 6.48. The van der Waals surface area contributed by atoms with Crippen LogP contribution in [0.15, 0.2) is 48.5 Å². The highest BCUT2D eigenvalue weighted by Crippen LogP contribution is 2.27. The maximum atomic E-state index is 12.2. The molecule has 2 aromatic carbocycles. The fourth-order valence-electron chi connectivity index (χ4n) is 2.19. The van der Waals surface area contributed by atoms with Crippen molar-refractivity contribution < 1.29 is 4.79 Å². The van der Waals surface area contributed by atoms with E-state index < -0.39 is 5.38 Å². The summed E-state index contributed by atoms with van der Waals surface area (Å²) in [6.45, 7) is 3.90. The second kappa shape index (κ2) is 6.03. The molecule has 0 heterocycles. The van der Waals surface area contributed by atoms with E-state index in [-0.39, 0.29) is 5.78 Å². The lowest BCUT2D eigenvalue weighted by molar-refractivity contribution is 0.0985. The third kappa shape index (κ3) is 2.87. The van der Waals surface area contributed by atoms with Gasteiger partial charge >= 0.3 is 0 Å². The van der Waals surface area contributed by atoms with Crippen molar-refractivity contribution in [3.8, 4) is 11.1 Å². The molecule has 0 aliphatic heterocycles. The van der Waals surface area contributed by atoms with E-state index in [2.05, 4.69) is 12.1 Å². The number of Topliss-reactive ketones (excluding diaryl/α,β-unsaturated/α-hetero) is 1. The topological polar surface area (TPSA) is 17.1 Å². The quantitative estimate of drug-likeness (QED) is 0.574. The zero-order valence-corrected chi connectivity index (χ0v) is 11.9. The van der Waals surface area contributed by atoms with Crippen LogP contribution in [0.1, 0.15) is 29.3 Å². The number of alkyl halides is 1. The van der Waals surface area contributed by atoms with Crippen molar-refractivity contribution in [2.45, 2.75) is 25.6 Å². The van der Waals surface area contributed by atoms with E-state index in [9.17, 15) is 4.79 Å². The van der Waals surface area contributed by atoms with Gasteiger partial charge in [-0.1, -0.05) is 55.5 Å². The lowest BCUT2D eigenvalue weighted by Crippen LogP contribution is -2.15. The van der Waals surface area contributed by atoms with Crippen LogP contribution in [0.4, 0.5) is 0 Å². The van der Waals surface area contributed by atoms with Gasteiger partial charge in [0.1, 0.15) is 0 Å². The van der Waals surface area contributed by atoms with Crippen molar-refractivity contribution in [2.24, 2.45) is 0 Å². The number of hydrogen-bond acceptors (Lipinski definition) is 1. The van der Waals surface area contributed by atoms with Gasteiger partial charge in [-0.15, -0.1) is 11.6 Å². The Morgan fingerprint density at radius 1 is 1.11 bits per heavy atom. The Balaban J connectivity index is 2.47. The minimum atomic E-state index is -0.440. The minimum Gasteiger partial charge on any atom is -0.292 e. The van der Waals surface area contributed by atoms with Crippen LogP contribution in [0.25, 0.3) is 11.1 Å². The van der Waals surface area contributed by atoms with Crippen molar-refractivity contribution in [1.29, 1.82) is 0 Å². The summed E-state index contributed by atoms with van der Waals surface area (Å²) in [5.74, 6) is 0.0134. The molecule has 19 heavy (non-hydrogen) atoms. The molecule has 0 N–H and O–H groups in total. The number of carbonyl (C=O) groups excluding carboxylic acids is 1. The molecule has 2 aromatic rings. The van der Waals surface area contributed by atoms with Crippen molar-refractivity contribution in [3.05, 3.63) is 59.7 Å². The lowest BCUT2D eigenvalue weighted by atomic mass is 9.93. The highest BCUT2D eigenvalue weighted by molar-refractivity contribution is 6.34. The Kier molecular flexibility index (Phi) is 4.39. The first-order chi connectivity index (χ1) is 9.15. The molecule has 0 aromatic heterocycles. The summed E-state index contributed by atoms with van der Waals surface area (Å²) in [5, 5.41) is -0.440. The molecule has 0 spiro atoms. The van der Waals surface area contributed by atoms with Gasteiger partial charge in [0, 0.05) is 5.56 Å². The van der Waals surface area contributed by atoms with Gasteiger partial charge in [0.25, 0.3) is 0 Å². The maximum Gasteiger partial charge on any atom is 0.180 e. The second-order valence-electron chi connectivity index (χ2n) is 4.58. The van der Waals surface area contributed by atoms with Crippen LogP contribution in [0.5, 0.6) is 0 Å². The van der Waals surface area contributed by atoms with Gasteiger partial charge in [0.05, 0.1) is 5.38 Å². The van der Waals surface area contributed by atoms with Crippen LogP contribution in [0.3, 0.4) is 0 Å². The molecule has 0 bridgehead atoms. The molecule has 0 aliphatic carbocycles. The van der Waals surface area contributed by atoms with Crippen LogP contribution < -0.4 is 0 Å². The predicted molar refractivity (Wildman–Crippen MR) is 80.9 cm³/mol. The highest BCUT2D eigenvalue weighted by atomic mass is 35.5. The van der Waals surface area contributed by atoms with Gasteiger partial charge in [0.2, 0.25) is 0 Å². The van der Waals surface area contributed by atoms with Crippen LogP contribution in [0, 0.1) is 6.92 Å². The molecule has 1 unspecified atom stereocenters. The van der Waals surface area contributed by atoms with Gasteiger partial charge in [-0.05, 0) is 30.0 Å². The third-order valence-electron chi connectivity index (χ3n) is 3.33. The summed E-state index contributed by atoms with van der Waals surface area (Å²) in [7, 11) is 0. The summed E-state index contributed by atoms with van der Waals surface area (Å²) in [6, 6.07) is 15.9. The maximum absolute atomic E-state index is 12.2. The second-order valence-corrected chi connectivity index (χ2v) is 5.11. The normalized spacial score (nSPS) is 12.2. The molecule has 0 saturated heterocycles. The van der Waals surface area contributed by atoms with Crippen molar-refractivity contribution in [3.63, 3.8) is 0 Å². The summed E-state index contributed by atoms with van der Waals surface area (Å²) < 4.78 is 0. The SMILES string of the molecule is CCC(Cl)C(=O)c1cccc(-c2ccccc2)c1C. The van der Waals surface area contributed by atoms with Gasteiger partial charge in [-0.3, -0.25) is 4.79 Å². The molecule has 0 fully saturated rings. The monoisotopic (exact) mass is 272 g/mol. The lowest BCUT2D eigenvalue weighted by Gasteiger charge is -2.12.